The van der Waals surface area contributed by atoms with Crippen LogP contribution in [0.25, 0.3) is 5.57 Å². The largest absolute Gasteiger partial charge is 0.478 e. The number of nitrogens with zero attached hydrogens (tertiary/aromatic N) is 2. The predicted molar refractivity (Wildman–Crippen MR) is 197 cm³/mol. The number of ketones is 1. The molecule has 0 radical (unpaired) electrons. The second-order valence-electron chi connectivity index (χ2n) is 14.1. The van der Waals surface area contributed by atoms with Crippen molar-refractivity contribution in [3.8, 4) is 0 Å². The smallest absolute Gasteiger partial charge is 0.336 e. The molecule has 4 aliphatic rings. The van der Waals surface area contributed by atoms with Gasteiger partial charge in [0.05, 0.1) is 25.2 Å². The quantitative estimate of drug-likeness (QED) is 0.0792. The zero-order valence-corrected chi connectivity index (χ0v) is 29.8. The zero-order chi connectivity index (χ0) is 34.4. The Hall–Kier alpha value is -3.52. The van der Waals surface area contributed by atoms with Gasteiger partial charge in [-0.25, -0.2) is 9.37 Å². The van der Waals surface area contributed by atoms with E-state index in [9.17, 15) is 14.7 Å². The van der Waals surface area contributed by atoms with Gasteiger partial charge in [-0.15, -0.1) is 11.6 Å². The first-order valence-electron chi connectivity index (χ1n) is 18.1. The Labute approximate surface area is 295 Å². The first-order chi connectivity index (χ1) is 23.8. The number of aromatic carboxylic acids is 1. The molecule has 0 spiro atoms. The highest BCUT2D eigenvalue weighted by atomic mass is 35.5. The number of fused-ring (bicyclic) bond motifs is 2. The van der Waals surface area contributed by atoms with E-state index in [4.69, 9.17) is 21.1 Å². The van der Waals surface area contributed by atoms with E-state index in [0.29, 0.717) is 49.7 Å². The van der Waals surface area contributed by atoms with Crippen molar-refractivity contribution in [2.75, 3.05) is 63.4 Å². The highest BCUT2D eigenvalue weighted by molar-refractivity contribution is 6.17. The van der Waals surface area contributed by atoms with Crippen molar-refractivity contribution >= 4 is 40.3 Å². The van der Waals surface area contributed by atoms with E-state index in [1.165, 1.54) is 35.4 Å². The van der Waals surface area contributed by atoms with Crippen molar-refractivity contribution in [2.45, 2.75) is 70.6 Å². The minimum atomic E-state index is -1.00. The van der Waals surface area contributed by atoms with Gasteiger partial charge in [0.15, 0.2) is 11.5 Å². The lowest BCUT2D eigenvalue weighted by atomic mass is 9.64. The molecule has 49 heavy (non-hydrogen) atoms. The number of carboxylic acids is 1. The number of carbonyl (C=O) groups is 2. The number of rotatable bonds is 17. The van der Waals surface area contributed by atoms with E-state index in [-0.39, 0.29) is 16.8 Å². The fourth-order valence-electron chi connectivity index (χ4n) is 7.22. The maximum absolute atomic E-state index is 13.5. The molecule has 0 unspecified atom stereocenters. The number of alkyl halides is 1. The highest BCUT2D eigenvalue weighted by Gasteiger charge is 2.40. The van der Waals surface area contributed by atoms with Crippen molar-refractivity contribution < 1.29 is 28.7 Å². The van der Waals surface area contributed by atoms with Crippen LogP contribution in [-0.4, -0.2) is 85.6 Å². The number of benzene rings is 2. The maximum Gasteiger partial charge on any atom is 0.336 e. The van der Waals surface area contributed by atoms with E-state index < -0.39 is 5.97 Å². The molecular weight excluding hydrogens is 636 g/mol. The van der Waals surface area contributed by atoms with E-state index in [1.54, 1.807) is 12.1 Å². The van der Waals surface area contributed by atoms with Gasteiger partial charge in [-0.3, -0.25) is 4.79 Å². The molecule has 7 nitrogen and oxygen atoms in total. The Bertz CT molecular complexity index is 1690. The van der Waals surface area contributed by atoms with Crippen molar-refractivity contribution in [3.05, 3.63) is 93.6 Å². The van der Waals surface area contributed by atoms with Crippen LogP contribution < -0.4 is 4.90 Å². The summed E-state index contributed by atoms with van der Waals surface area (Å²) in [5, 5.41) is 10.4. The van der Waals surface area contributed by atoms with Crippen LogP contribution in [0.2, 0.25) is 0 Å². The van der Waals surface area contributed by atoms with Crippen LogP contribution in [0, 0.1) is 0 Å². The second kappa shape index (κ2) is 16.0. The molecule has 0 bridgehead atoms. The molecule has 1 N–H and O–H groups in total. The lowest BCUT2D eigenvalue weighted by Gasteiger charge is -2.41. The third-order valence-corrected chi connectivity index (χ3v) is 10.7. The first kappa shape index (κ1) is 35.3. The lowest BCUT2D eigenvalue weighted by Crippen LogP contribution is -2.38. The SMILES string of the molecule is CC1(C)C2=CC(=[N+]3CCC3)C=CC2=C(c2cc(C(=O)CCCOCCOCCCCCCCl)ccc2C(=O)O)c2ccc(N3CCC3)cc21. The van der Waals surface area contributed by atoms with Crippen LogP contribution in [0.1, 0.15) is 103 Å². The molecule has 0 saturated carbocycles. The molecule has 2 saturated heterocycles. The van der Waals surface area contributed by atoms with E-state index in [0.717, 1.165) is 75.2 Å². The average molecular weight is 686 g/mol. The van der Waals surface area contributed by atoms with Crippen LogP contribution in [0.5, 0.6) is 0 Å². The van der Waals surface area contributed by atoms with Crippen LogP contribution in [0.3, 0.4) is 0 Å². The summed E-state index contributed by atoms with van der Waals surface area (Å²) < 4.78 is 13.8. The predicted octanol–water partition coefficient (Wildman–Crippen LogP) is 7.84. The van der Waals surface area contributed by atoms with Gasteiger partial charge >= 0.3 is 5.97 Å². The van der Waals surface area contributed by atoms with Gasteiger partial charge in [-0.1, -0.05) is 38.8 Å². The van der Waals surface area contributed by atoms with Crippen molar-refractivity contribution in [1.82, 2.24) is 0 Å². The van der Waals surface area contributed by atoms with Crippen molar-refractivity contribution in [1.29, 1.82) is 0 Å². The summed E-state index contributed by atoms with van der Waals surface area (Å²) in [7, 11) is 0. The monoisotopic (exact) mass is 685 g/mol. The number of anilines is 1. The number of allylic oxidation sites excluding steroid dienone is 5. The summed E-state index contributed by atoms with van der Waals surface area (Å²) >= 11 is 5.72. The zero-order valence-electron chi connectivity index (χ0n) is 29.1. The molecule has 0 aromatic heterocycles. The second-order valence-corrected chi connectivity index (χ2v) is 14.4. The Morgan fingerprint density at radius 2 is 1.63 bits per heavy atom. The normalized spacial score (nSPS) is 17.7. The Kier molecular flexibility index (Phi) is 11.5. The lowest BCUT2D eigenvalue weighted by molar-refractivity contribution is -0.582. The Morgan fingerprint density at radius 1 is 0.878 bits per heavy atom. The fraction of sp³-hybridized carbons (Fsp3) is 0.488. The summed E-state index contributed by atoms with van der Waals surface area (Å²) in [6.45, 7) is 11.0. The number of unbranched alkanes of at least 4 members (excludes halogenated alkanes) is 3. The molecule has 0 amide bonds. The molecule has 2 aromatic carbocycles. The Morgan fingerprint density at radius 3 is 2.31 bits per heavy atom. The van der Waals surface area contributed by atoms with Gasteiger partial charge in [0.1, 0.15) is 13.1 Å². The number of ether oxygens (including phenoxy) is 2. The molecule has 260 valence electrons. The topological polar surface area (TPSA) is 79.1 Å². The van der Waals surface area contributed by atoms with Gasteiger partial charge < -0.3 is 19.5 Å². The third-order valence-electron chi connectivity index (χ3n) is 10.4. The molecule has 2 heterocycles. The van der Waals surface area contributed by atoms with Gasteiger partial charge in [-0.05, 0) is 89.4 Å². The maximum atomic E-state index is 13.5. The van der Waals surface area contributed by atoms with Crippen molar-refractivity contribution in [3.63, 3.8) is 0 Å². The van der Waals surface area contributed by atoms with E-state index >= 15 is 0 Å². The van der Waals surface area contributed by atoms with Crippen molar-refractivity contribution in [2.24, 2.45) is 0 Å². The van der Waals surface area contributed by atoms with Gasteiger partial charge in [0, 0.05) is 67.4 Å². The van der Waals surface area contributed by atoms with Gasteiger partial charge in [0.2, 0.25) is 0 Å². The molecule has 2 aliphatic carbocycles. The summed E-state index contributed by atoms with van der Waals surface area (Å²) in [4.78, 5) is 28.6. The average Bonchev–Trinajstić information content (AvgIpc) is 3.04. The molecule has 8 heteroatoms. The fourth-order valence-corrected chi connectivity index (χ4v) is 7.41. The summed E-state index contributed by atoms with van der Waals surface area (Å²) in [6.07, 6.45) is 14.3. The molecule has 2 aromatic rings. The Balaban J connectivity index is 1.24. The van der Waals surface area contributed by atoms with Crippen LogP contribution >= 0.6 is 11.6 Å². The van der Waals surface area contributed by atoms with E-state index in [2.05, 4.69) is 59.8 Å². The number of carboxylic acid groups (broad SMARTS) is 1. The van der Waals surface area contributed by atoms with Gasteiger partial charge in [-0.2, -0.15) is 0 Å². The first-order valence-corrected chi connectivity index (χ1v) is 18.6. The number of halogens is 1. The molecular formula is C41H50ClN2O5+. The molecule has 2 aliphatic heterocycles. The van der Waals surface area contributed by atoms with Crippen LogP contribution in [0.15, 0.2) is 65.8 Å². The van der Waals surface area contributed by atoms with E-state index in [1.807, 2.05) is 6.07 Å². The summed E-state index contributed by atoms with van der Waals surface area (Å²) in [6, 6.07) is 11.7. The van der Waals surface area contributed by atoms with Crippen LogP contribution in [0.4, 0.5) is 5.69 Å². The summed E-state index contributed by atoms with van der Waals surface area (Å²) in [5.41, 5.74) is 8.70. The highest BCUT2D eigenvalue weighted by Crippen LogP contribution is 2.51. The minimum absolute atomic E-state index is 0.0200. The number of hydrogen-bond acceptors (Lipinski definition) is 5. The van der Waals surface area contributed by atoms with Gasteiger partial charge in [0.25, 0.3) is 0 Å². The molecule has 6 rings (SSSR count). The summed E-state index contributed by atoms with van der Waals surface area (Å²) in [5.74, 6) is -0.310. The standard InChI is InChI=1S/C41H49ClN2O5/c1-41(2)36-27-30(43-18-8-19-43)12-15-33(36)39(34-16-13-31(28-37(34)41)44-20-9-21-44)35-26-29(11-14-32(35)40(46)47)38(45)10-7-23-49-25-24-48-22-6-4-3-5-17-42/h11-16,26-28H,3-10,17-25H2,1-2H3/p+1. The number of carbonyl (C=O) groups excluding carboxylic acids is 1. The molecule has 2 fully saturated rings. The molecule has 0 atom stereocenters. The third kappa shape index (κ3) is 7.79. The minimum Gasteiger partial charge on any atom is -0.478 e. The van der Waals surface area contributed by atoms with Crippen LogP contribution in [-0.2, 0) is 14.9 Å². The number of hydrogen-bond donors (Lipinski definition) is 1. The number of Topliss-reactive ketones (excluding diaryl/α,β-unsaturated/α-hetero) is 1.